The third-order valence-corrected chi connectivity index (χ3v) is 4.47. The molecule has 8 nitrogen and oxygen atoms in total. The predicted octanol–water partition coefficient (Wildman–Crippen LogP) is 3.97. The van der Waals surface area contributed by atoms with Crippen LogP contribution in [0.3, 0.4) is 0 Å². The monoisotopic (exact) mass is 400 g/mol. The Morgan fingerprint density at radius 3 is 2.80 bits per heavy atom. The maximum Gasteiger partial charge on any atom is 0.158 e. The van der Waals surface area contributed by atoms with Gasteiger partial charge in [-0.3, -0.25) is 9.97 Å². The van der Waals surface area contributed by atoms with Gasteiger partial charge < -0.3 is 16.0 Å². The van der Waals surface area contributed by atoms with Gasteiger partial charge in [0.25, 0.3) is 0 Å². The molecule has 0 saturated carbocycles. The van der Waals surface area contributed by atoms with Crippen LogP contribution in [0.5, 0.6) is 0 Å². The first-order chi connectivity index (χ1) is 14.6. The van der Waals surface area contributed by atoms with Crippen molar-refractivity contribution >= 4 is 17.3 Å². The van der Waals surface area contributed by atoms with Crippen molar-refractivity contribution in [1.82, 2.24) is 19.9 Å². The maximum absolute atomic E-state index is 9.16. The third-order valence-electron chi connectivity index (χ3n) is 4.47. The summed E-state index contributed by atoms with van der Waals surface area (Å²) in [6.45, 7) is 7.02. The smallest absolute Gasteiger partial charge is 0.158 e. The van der Waals surface area contributed by atoms with Gasteiger partial charge in [-0.05, 0) is 24.6 Å². The fraction of sp³-hybridized carbons (Fsp3) is 0.227. The summed E-state index contributed by atoms with van der Waals surface area (Å²) in [6, 6.07) is 7.48. The standard InChI is InChI=1S/C22H24N8/c1-3-4-5-10-30(16(2)28-21-15-25-8-9-27-21)22-19(24)6-7-20(29-22)18-11-17(12-23)13-26-14-18/h6-9,11,13-15H,2-5,10,24H2,1H3,(H,27,28). The molecule has 3 aromatic heterocycles. The van der Waals surface area contributed by atoms with Crippen LogP contribution in [0, 0.1) is 11.3 Å². The van der Waals surface area contributed by atoms with E-state index in [1.54, 1.807) is 36.9 Å². The molecule has 0 bridgehead atoms. The zero-order valence-electron chi connectivity index (χ0n) is 16.9. The second-order valence-corrected chi connectivity index (χ2v) is 6.70. The second-order valence-electron chi connectivity index (χ2n) is 6.70. The van der Waals surface area contributed by atoms with Gasteiger partial charge in [-0.15, -0.1) is 0 Å². The number of hydrogen-bond donors (Lipinski definition) is 2. The van der Waals surface area contributed by atoms with Crippen LogP contribution >= 0.6 is 0 Å². The first-order valence-electron chi connectivity index (χ1n) is 9.74. The lowest BCUT2D eigenvalue weighted by Crippen LogP contribution is -2.29. The number of pyridine rings is 2. The Morgan fingerprint density at radius 1 is 1.20 bits per heavy atom. The molecule has 3 heterocycles. The molecule has 3 N–H and O–H groups in total. The number of nitrogens with two attached hydrogens (primary N) is 1. The minimum Gasteiger partial charge on any atom is -0.396 e. The first-order valence-corrected chi connectivity index (χ1v) is 9.74. The largest absolute Gasteiger partial charge is 0.396 e. The molecule has 3 rings (SSSR count). The maximum atomic E-state index is 9.16. The Labute approximate surface area is 176 Å². The molecule has 0 saturated heterocycles. The molecular weight excluding hydrogens is 376 g/mol. The summed E-state index contributed by atoms with van der Waals surface area (Å²) in [5, 5.41) is 12.3. The molecule has 0 unspecified atom stereocenters. The highest BCUT2D eigenvalue weighted by molar-refractivity contribution is 5.72. The lowest BCUT2D eigenvalue weighted by Gasteiger charge is -2.27. The van der Waals surface area contributed by atoms with Crippen LogP contribution in [-0.4, -0.2) is 26.5 Å². The minimum absolute atomic E-state index is 0.473. The molecule has 8 heteroatoms. The molecule has 0 radical (unpaired) electrons. The van der Waals surface area contributed by atoms with Crippen molar-refractivity contribution < 1.29 is 0 Å². The van der Waals surface area contributed by atoms with Crippen molar-refractivity contribution in [3.05, 3.63) is 67.1 Å². The summed E-state index contributed by atoms with van der Waals surface area (Å²) >= 11 is 0. The second kappa shape index (κ2) is 9.98. The van der Waals surface area contributed by atoms with E-state index in [0.717, 1.165) is 24.8 Å². The summed E-state index contributed by atoms with van der Waals surface area (Å²) in [7, 11) is 0. The van der Waals surface area contributed by atoms with E-state index in [0.29, 0.717) is 40.9 Å². The zero-order valence-corrected chi connectivity index (χ0v) is 16.9. The van der Waals surface area contributed by atoms with Crippen LogP contribution in [0.15, 0.2) is 61.6 Å². The Balaban J connectivity index is 1.95. The van der Waals surface area contributed by atoms with Gasteiger partial charge in [-0.2, -0.15) is 5.26 Å². The van der Waals surface area contributed by atoms with E-state index in [1.165, 1.54) is 6.20 Å². The normalized spacial score (nSPS) is 10.3. The van der Waals surface area contributed by atoms with Crippen LogP contribution in [-0.2, 0) is 0 Å². The van der Waals surface area contributed by atoms with Gasteiger partial charge in [0.1, 0.15) is 17.7 Å². The molecular formula is C22H24N8. The SMILES string of the molecule is C=C(Nc1cnccn1)N(CCCCC)c1nc(-c2cncc(C#N)c2)ccc1N. The summed E-state index contributed by atoms with van der Waals surface area (Å²) in [5.74, 6) is 1.78. The Bertz CT molecular complexity index is 1040. The molecule has 0 aromatic carbocycles. The fourth-order valence-corrected chi connectivity index (χ4v) is 2.94. The van der Waals surface area contributed by atoms with Crippen LogP contribution in [0.4, 0.5) is 17.3 Å². The van der Waals surface area contributed by atoms with Crippen molar-refractivity contribution in [3.8, 4) is 17.3 Å². The van der Waals surface area contributed by atoms with Crippen molar-refractivity contribution in [3.63, 3.8) is 0 Å². The summed E-state index contributed by atoms with van der Waals surface area (Å²) in [5.41, 5.74) is 8.72. The number of hydrogen-bond acceptors (Lipinski definition) is 8. The molecule has 152 valence electrons. The number of nitrogen functional groups attached to an aromatic ring is 1. The number of rotatable bonds is 9. The van der Waals surface area contributed by atoms with Crippen molar-refractivity contribution in [2.24, 2.45) is 0 Å². The highest BCUT2D eigenvalue weighted by Crippen LogP contribution is 2.28. The molecule has 0 aliphatic carbocycles. The van der Waals surface area contributed by atoms with E-state index in [4.69, 9.17) is 16.0 Å². The van der Waals surface area contributed by atoms with Gasteiger partial charge in [0, 0.05) is 36.9 Å². The molecule has 0 aliphatic heterocycles. The van der Waals surface area contributed by atoms with Crippen molar-refractivity contribution in [1.29, 1.82) is 5.26 Å². The van der Waals surface area contributed by atoms with E-state index < -0.39 is 0 Å². The number of unbranched alkanes of at least 4 members (excludes halogenated alkanes) is 2. The molecule has 0 aliphatic rings. The topological polar surface area (TPSA) is 117 Å². The lowest BCUT2D eigenvalue weighted by molar-refractivity contribution is 0.703. The molecule has 0 atom stereocenters. The highest BCUT2D eigenvalue weighted by Gasteiger charge is 2.17. The number of nitrogens with zero attached hydrogens (tertiary/aromatic N) is 6. The van der Waals surface area contributed by atoms with E-state index in [9.17, 15) is 0 Å². The van der Waals surface area contributed by atoms with Gasteiger partial charge in [0.15, 0.2) is 5.82 Å². The minimum atomic E-state index is 0.473. The number of nitriles is 1. The van der Waals surface area contributed by atoms with Crippen molar-refractivity contribution in [2.45, 2.75) is 26.2 Å². The number of aromatic nitrogens is 4. The lowest BCUT2D eigenvalue weighted by atomic mass is 10.1. The van der Waals surface area contributed by atoms with Crippen LogP contribution in [0.2, 0.25) is 0 Å². The molecule has 0 fully saturated rings. The molecule has 3 aromatic rings. The highest BCUT2D eigenvalue weighted by atomic mass is 15.3. The molecule has 0 amide bonds. The average molecular weight is 400 g/mol. The molecule has 30 heavy (non-hydrogen) atoms. The van der Waals surface area contributed by atoms with Gasteiger partial charge in [0.2, 0.25) is 0 Å². The molecule has 0 spiro atoms. The van der Waals surface area contributed by atoms with Gasteiger partial charge in [-0.1, -0.05) is 26.3 Å². The van der Waals surface area contributed by atoms with Gasteiger partial charge >= 0.3 is 0 Å². The van der Waals surface area contributed by atoms with E-state index in [-0.39, 0.29) is 0 Å². The van der Waals surface area contributed by atoms with E-state index in [1.807, 2.05) is 11.0 Å². The van der Waals surface area contributed by atoms with Crippen LogP contribution in [0.1, 0.15) is 31.7 Å². The average Bonchev–Trinajstić information content (AvgIpc) is 2.78. The Hall–Kier alpha value is -3.99. The Kier molecular flexibility index (Phi) is 6.90. The zero-order chi connectivity index (χ0) is 21.3. The fourth-order valence-electron chi connectivity index (χ4n) is 2.94. The van der Waals surface area contributed by atoms with E-state index >= 15 is 0 Å². The van der Waals surface area contributed by atoms with Crippen LogP contribution in [0.25, 0.3) is 11.3 Å². The third kappa shape index (κ3) is 5.08. The van der Waals surface area contributed by atoms with E-state index in [2.05, 4.69) is 39.8 Å². The number of anilines is 3. The van der Waals surface area contributed by atoms with Gasteiger partial charge in [0.05, 0.1) is 23.1 Å². The Morgan fingerprint density at radius 2 is 2.07 bits per heavy atom. The number of nitrogens with one attached hydrogen (secondary N) is 1. The predicted molar refractivity (Wildman–Crippen MR) is 118 cm³/mol. The quantitative estimate of drug-likeness (QED) is 0.518. The summed E-state index contributed by atoms with van der Waals surface area (Å²) < 4.78 is 0. The van der Waals surface area contributed by atoms with Crippen molar-refractivity contribution in [2.75, 3.05) is 22.5 Å². The van der Waals surface area contributed by atoms with Crippen LogP contribution < -0.4 is 16.0 Å². The van der Waals surface area contributed by atoms with Gasteiger partial charge in [-0.25, -0.2) is 9.97 Å². The summed E-state index contributed by atoms with van der Waals surface area (Å²) in [4.78, 5) is 19.2. The first kappa shape index (κ1) is 20.7. The summed E-state index contributed by atoms with van der Waals surface area (Å²) in [6.07, 6.45) is 11.2.